The minimum Gasteiger partial charge on any atom is -0.297 e. The normalized spacial score (nSPS) is 26.8. The molecule has 2 bridgehead atoms. The lowest BCUT2D eigenvalue weighted by Gasteiger charge is -2.37. The van der Waals surface area contributed by atoms with Gasteiger partial charge in [-0.25, -0.2) is 8.42 Å². The summed E-state index contributed by atoms with van der Waals surface area (Å²) in [5.74, 6) is -0.154. The number of hydrogen-bond donors (Lipinski definition) is 0. The molecular weight excluding hydrogens is 334 g/mol. The van der Waals surface area contributed by atoms with Crippen molar-refractivity contribution in [3.8, 4) is 0 Å². The Hall–Kier alpha value is -1.98. The molecule has 0 amide bonds. The van der Waals surface area contributed by atoms with Crippen molar-refractivity contribution >= 4 is 15.8 Å². The van der Waals surface area contributed by atoms with E-state index in [2.05, 4.69) is 0 Å². The molecule has 4 nitrogen and oxygen atoms in total. The second-order valence-corrected chi connectivity index (χ2v) is 8.84. The molecule has 2 aromatic rings. The Bertz CT molecular complexity index is 890. The Morgan fingerprint density at radius 3 is 2.32 bits per heavy atom. The number of benzene rings is 2. The first-order valence-electron chi connectivity index (χ1n) is 8.67. The lowest BCUT2D eigenvalue weighted by molar-refractivity contribution is -0.126. The van der Waals surface area contributed by atoms with Gasteiger partial charge in [-0.15, -0.1) is 0 Å². The first-order valence-corrected chi connectivity index (χ1v) is 10.1. The van der Waals surface area contributed by atoms with Crippen molar-refractivity contribution in [1.82, 2.24) is 4.31 Å². The molecule has 0 radical (unpaired) electrons. The van der Waals surface area contributed by atoms with Crippen LogP contribution < -0.4 is 0 Å². The third-order valence-corrected chi connectivity index (χ3v) is 7.39. The molecular formula is C20H21NO3S. The van der Waals surface area contributed by atoms with Crippen LogP contribution in [0.2, 0.25) is 0 Å². The van der Waals surface area contributed by atoms with E-state index in [9.17, 15) is 13.2 Å². The van der Waals surface area contributed by atoms with Crippen LogP contribution in [0.4, 0.5) is 0 Å². The van der Waals surface area contributed by atoms with E-state index >= 15 is 0 Å². The molecule has 4 rings (SSSR count). The third-order valence-electron chi connectivity index (χ3n) is 5.42. The molecule has 0 N–H and O–H groups in total. The van der Waals surface area contributed by atoms with Crippen LogP contribution in [-0.4, -0.2) is 30.6 Å². The lowest BCUT2D eigenvalue weighted by Crippen LogP contribution is -2.51. The van der Waals surface area contributed by atoms with Crippen LogP contribution in [0.5, 0.6) is 0 Å². The summed E-state index contributed by atoms with van der Waals surface area (Å²) in [6.45, 7) is 1.93. The van der Waals surface area contributed by atoms with Crippen molar-refractivity contribution in [2.45, 2.75) is 49.1 Å². The van der Waals surface area contributed by atoms with Crippen molar-refractivity contribution in [2.24, 2.45) is 0 Å². The van der Waals surface area contributed by atoms with Gasteiger partial charge in [-0.3, -0.25) is 4.79 Å². The van der Waals surface area contributed by atoms with Gasteiger partial charge in [-0.2, -0.15) is 4.31 Å². The molecule has 2 saturated heterocycles. The SMILES string of the molecule is Cc1ccc(S(=O)(=O)N2[C@H]3CC[C@@H]2C(=O)[C@H](c2ccccc2)C3)cc1. The number of Topliss-reactive ketones (excluding diaryl/α,β-unsaturated/α-hetero) is 1. The maximum Gasteiger partial charge on any atom is 0.243 e. The number of ketones is 1. The number of carbonyl (C=O) groups excluding carboxylic acids is 1. The zero-order chi connectivity index (χ0) is 17.6. The second kappa shape index (κ2) is 6.07. The number of rotatable bonds is 3. The molecule has 0 saturated carbocycles. The maximum absolute atomic E-state index is 13.1. The number of nitrogens with zero attached hydrogens (tertiary/aromatic N) is 1. The molecule has 0 aliphatic carbocycles. The largest absolute Gasteiger partial charge is 0.297 e. The fourth-order valence-electron chi connectivity index (χ4n) is 4.15. The van der Waals surface area contributed by atoms with Crippen LogP contribution in [-0.2, 0) is 14.8 Å². The van der Waals surface area contributed by atoms with Crippen molar-refractivity contribution in [2.75, 3.05) is 0 Å². The lowest BCUT2D eigenvalue weighted by atomic mass is 9.85. The fraction of sp³-hybridized carbons (Fsp3) is 0.350. The standard InChI is InChI=1S/C20H21NO3S/c1-14-7-10-17(11-8-14)25(23,24)21-16-9-12-19(21)20(22)18(13-16)15-5-3-2-4-6-15/h2-8,10-11,16,18-19H,9,12-13H2,1H3/t16-,18-,19+/m0/s1. The Kier molecular flexibility index (Phi) is 4.01. The van der Waals surface area contributed by atoms with Gasteiger partial charge in [-0.05, 0) is 43.9 Å². The number of aryl methyl sites for hydroxylation is 1. The third kappa shape index (κ3) is 2.71. The van der Waals surface area contributed by atoms with Crippen LogP contribution in [0.1, 0.15) is 36.3 Å². The smallest absolute Gasteiger partial charge is 0.243 e. The van der Waals surface area contributed by atoms with Crippen molar-refractivity contribution in [3.63, 3.8) is 0 Å². The average Bonchev–Trinajstić information content (AvgIpc) is 2.97. The minimum absolute atomic E-state index is 0.0376. The van der Waals surface area contributed by atoms with E-state index < -0.39 is 16.1 Å². The zero-order valence-electron chi connectivity index (χ0n) is 14.1. The predicted octanol–water partition coefficient (Wildman–Crippen LogP) is 3.27. The van der Waals surface area contributed by atoms with Crippen LogP contribution in [0, 0.1) is 6.92 Å². The quantitative estimate of drug-likeness (QED) is 0.849. The Morgan fingerprint density at radius 1 is 0.960 bits per heavy atom. The molecule has 5 heteroatoms. The van der Waals surface area contributed by atoms with Gasteiger partial charge in [0.05, 0.1) is 10.9 Å². The highest BCUT2D eigenvalue weighted by Crippen LogP contribution is 2.43. The highest BCUT2D eigenvalue weighted by Gasteiger charge is 2.52. The number of carbonyl (C=O) groups is 1. The van der Waals surface area contributed by atoms with E-state index in [1.807, 2.05) is 37.3 Å². The summed E-state index contributed by atoms with van der Waals surface area (Å²) in [6, 6.07) is 16.0. The molecule has 2 aliphatic rings. The molecule has 2 heterocycles. The van der Waals surface area contributed by atoms with Gasteiger partial charge in [0.2, 0.25) is 10.0 Å². The molecule has 3 atom stereocenters. The van der Waals surface area contributed by atoms with Crippen molar-refractivity contribution < 1.29 is 13.2 Å². The van der Waals surface area contributed by atoms with Crippen LogP contribution in [0.25, 0.3) is 0 Å². The van der Waals surface area contributed by atoms with E-state index in [0.717, 1.165) is 17.5 Å². The van der Waals surface area contributed by atoms with Crippen LogP contribution >= 0.6 is 0 Å². The van der Waals surface area contributed by atoms with E-state index in [-0.39, 0.29) is 22.6 Å². The Morgan fingerprint density at radius 2 is 1.64 bits per heavy atom. The van der Waals surface area contributed by atoms with Crippen LogP contribution in [0.15, 0.2) is 59.5 Å². The zero-order valence-corrected chi connectivity index (χ0v) is 14.9. The van der Waals surface area contributed by atoms with Crippen molar-refractivity contribution in [3.05, 3.63) is 65.7 Å². The molecule has 0 unspecified atom stereocenters. The molecule has 0 spiro atoms. The fourth-order valence-corrected chi connectivity index (χ4v) is 6.00. The summed E-state index contributed by atoms with van der Waals surface area (Å²) in [5.41, 5.74) is 2.01. The first kappa shape index (κ1) is 16.5. The summed E-state index contributed by atoms with van der Waals surface area (Å²) in [7, 11) is -3.64. The molecule has 130 valence electrons. The number of hydrogen-bond acceptors (Lipinski definition) is 3. The summed E-state index contributed by atoms with van der Waals surface area (Å²) in [6.07, 6.45) is 1.95. The van der Waals surface area contributed by atoms with Gasteiger partial charge < -0.3 is 0 Å². The molecule has 2 aliphatic heterocycles. The molecule has 25 heavy (non-hydrogen) atoms. The number of piperidine rings is 1. The molecule has 2 aromatic carbocycles. The monoisotopic (exact) mass is 355 g/mol. The summed E-state index contributed by atoms with van der Waals surface area (Å²) >= 11 is 0. The van der Waals surface area contributed by atoms with Crippen molar-refractivity contribution in [1.29, 1.82) is 0 Å². The highest BCUT2D eigenvalue weighted by molar-refractivity contribution is 7.89. The van der Waals surface area contributed by atoms with E-state index in [4.69, 9.17) is 0 Å². The van der Waals surface area contributed by atoms with Gasteiger partial charge in [0.1, 0.15) is 0 Å². The Labute approximate surface area is 148 Å². The Balaban J connectivity index is 1.68. The predicted molar refractivity (Wildman–Crippen MR) is 95.8 cm³/mol. The molecule has 0 aromatic heterocycles. The second-order valence-electron chi connectivity index (χ2n) is 7.00. The highest BCUT2D eigenvalue weighted by atomic mass is 32.2. The van der Waals surface area contributed by atoms with Crippen LogP contribution in [0.3, 0.4) is 0 Å². The van der Waals surface area contributed by atoms with Gasteiger partial charge in [-0.1, -0.05) is 48.0 Å². The van der Waals surface area contributed by atoms with Gasteiger partial charge >= 0.3 is 0 Å². The van der Waals surface area contributed by atoms with Gasteiger partial charge in [0, 0.05) is 12.0 Å². The van der Waals surface area contributed by atoms with E-state index in [1.165, 1.54) is 4.31 Å². The summed E-state index contributed by atoms with van der Waals surface area (Å²) < 4.78 is 27.7. The van der Waals surface area contributed by atoms with Gasteiger partial charge in [0.15, 0.2) is 5.78 Å². The molecule has 2 fully saturated rings. The number of sulfonamides is 1. The maximum atomic E-state index is 13.1. The first-order chi connectivity index (χ1) is 12.0. The summed E-state index contributed by atoms with van der Waals surface area (Å²) in [5, 5.41) is 0. The minimum atomic E-state index is -3.64. The van der Waals surface area contributed by atoms with E-state index in [1.54, 1.807) is 24.3 Å². The van der Waals surface area contributed by atoms with Gasteiger partial charge in [0.25, 0.3) is 0 Å². The summed E-state index contributed by atoms with van der Waals surface area (Å²) in [4.78, 5) is 13.3. The average molecular weight is 355 g/mol. The topological polar surface area (TPSA) is 54.5 Å². The van der Waals surface area contributed by atoms with E-state index in [0.29, 0.717) is 12.8 Å². The number of fused-ring (bicyclic) bond motifs is 2.